The van der Waals surface area contributed by atoms with E-state index in [-0.39, 0.29) is 0 Å². The standard InChI is InChI=1S/C25H42N2O/c1-3-5-6-7-8-9-10-11-12-13-14-15-20-26-21-22-27(23-26)24-16-18-25(19-17-24)28-4-2/h16-19,21-22H,3-15,20,23H2,1-2H3. The monoisotopic (exact) mass is 386 g/mol. The van der Waals surface area contributed by atoms with Crippen LogP contribution in [0.1, 0.15) is 90.9 Å². The molecule has 1 aliphatic heterocycles. The van der Waals surface area contributed by atoms with Crippen LogP contribution in [-0.4, -0.2) is 24.7 Å². The number of nitrogens with zero attached hydrogens (tertiary/aromatic N) is 2. The predicted octanol–water partition coefficient (Wildman–Crippen LogP) is 7.34. The summed E-state index contributed by atoms with van der Waals surface area (Å²) in [5.41, 5.74) is 1.23. The molecule has 0 amide bonds. The zero-order valence-electron chi connectivity index (χ0n) is 18.4. The zero-order valence-corrected chi connectivity index (χ0v) is 18.4. The molecule has 2 rings (SSSR count). The second kappa shape index (κ2) is 14.4. The van der Waals surface area contributed by atoms with Gasteiger partial charge in [0.2, 0.25) is 0 Å². The van der Waals surface area contributed by atoms with Gasteiger partial charge in [-0.2, -0.15) is 0 Å². The number of unbranched alkanes of at least 4 members (excludes halogenated alkanes) is 11. The first-order valence-electron chi connectivity index (χ1n) is 11.8. The maximum Gasteiger partial charge on any atom is 0.119 e. The summed E-state index contributed by atoms with van der Waals surface area (Å²) >= 11 is 0. The Hall–Kier alpha value is -1.64. The molecule has 3 nitrogen and oxygen atoms in total. The zero-order chi connectivity index (χ0) is 19.9. The Bertz CT molecular complexity index is 526. The molecular formula is C25H42N2O. The summed E-state index contributed by atoms with van der Waals surface area (Å²) in [6.45, 7) is 7.16. The van der Waals surface area contributed by atoms with Crippen LogP contribution >= 0.6 is 0 Å². The van der Waals surface area contributed by atoms with Crippen molar-refractivity contribution >= 4 is 5.69 Å². The average Bonchev–Trinajstić information content (AvgIpc) is 3.18. The number of hydrogen-bond donors (Lipinski definition) is 0. The Balaban J connectivity index is 1.45. The molecule has 0 saturated heterocycles. The van der Waals surface area contributed by atoms with Crippen LogP contribution in [0.25, 0.3) is 0 Å². The second-order valence-electron chi connectivity index (χ2n) is 8.04. The van der Waals surface area contributed by atoms with E-state index in [1.54, 1.807) is 0 Å². The maximum absolute atomic E-state index is 5.52. The Morgan fingerprint density at radius 1 is 0.714 bits per heavy atom. The quantitative estimate of drug-likeness (QED) is 0.276. The molecule has 1 aromatic rings. The van der Waals surface area contributed by atoms with Gasteiger partial charge < -0.3 is 14.5 Å². The van der Waals surface area contributed by atoms with Gasteiger partial charge in [-0.25, -0.2) is 0 Å². The van der Waals surface area contributed by atoms with Crippen molar-refractivity contribution in [2.24, 2.45) is 0 Å². The fourth-order valence-electron chi connectivity index (χ4n) is 3.83. The molecule has 0 N–H and O–H groups in total. The fraction of sp³-hybridized carbons (Fsp3) is 0.680. The first kappa shape index (κ1) is 22.6. The van der Waals surface area contributed by atoms with E-state index in [0.29, 0.717) is 0 Å². The Kier molecular flexibility index (Phi) is 11.6. The summed E-state index contributed by atoms with van der Waals surface area (Å²) in [6, 6.07) is 8.40. The summed E-state index contributed by atoms with van der Waals surface area (Å²) in [4.78, 5) is 4.73. The van der Waals surface area contributed by atoms with Crippen LogP contribution in [-0.2, 0) is 0 Å². The second-order valence-corrected chi connectivity index (χ2v) is 8.04. The normalized spacial score (nSPS) is 13.5. The number of benzene rings is 1. The maximum atomic E-state index is 5.52. The molecule has 0 atom stereocenters. The summed E-state index contributed by atoms with van der Waals surface area (Å²) in [5.74, 6) is 0.947. The van der Waals surface area contributed by atoms with Gasteiger partial charge in [0.15, 0.2) is 0 Å². The molecule has 0 radical (unpaired) electrons. The molecule has 1 heterocycles. The van der Waals surface area contributed by atoms with Crippen molar-refractivity contribution in [2.45, 2.75) is 90.9 Å². The smallest absolute Gasteiger partial charge is 0.119 e. The largest absolute Gasteiger partial charge is 0.494 e. The van der Waals surface area contributed by atoms with Crippen LogP contribution < -0.4 is 9.64 Å². The third-order valence-corrected chi connectivity index (χ3v) is 5.57. The van der Waals surface area contributed by atoms with Crippen molar-refractivity contribution in [2.75, 3.05) is 24.7 Å². The van der Waals surface area contributed by atoms with Gasteiger partial charge in [-0.3, -0.25) is 0 Å². The minimum atomic E-state index is 0.718. The van der Waals surface area contributed by atoms with E-state index in [1.807, 2.05) is 6.92 Å². The van der Waals surface area contributed by atoms with Crippen LogP contribution in [0.4, 0.5) is 5.69 Å². The molecule has 1 aromatic carbocycles. The van der Waals surface area contributed by atoms with E-state index in [4.69, 9.17) is 4.74 Å². The van der Waals surface area contributed by atoms with Crippen LogP contribution in [0, 0.1) is 0 Å². The van der Waals surface area contributed by atoms with Gasteiger partial charge >= 0.3 is 0 Å². The molecule has 0 aromatic heterocycles. The summed E-state index contributed by atoms with van der Waals surface area (Å²) < 4.78 is 5.52. The van der Waals surface area contributed by atoms with E-state index in [0.717, 1.165) is 19.0 Å². The van der Waals surface area contributed by atoms with Gasteiger partial charge in [-0.1, -0.05) is 77.6 Å². The first-order valence-corrected chi connectivity index (χ1v) is 11.8. The number of hydrogen-bond acceptors (Lipinski definition) is 3. The van der Waals surface area contributed by atoms with Gasteiger partial charge in [0.25, 0.3) is 0 Å². The van der Waals surface area contributed by atoms with Gasteiger partial charge in [0, 0.05) is 24.6 Å². The summed E-state index contributed by atoms with van der Waals surface area (Å²) in [5, 5.41) is 0. The lowest BCUT2D eigenvalue weighted by molar-refractivity contribution is 0.340. The Morgan fingerprint density at radius 3 is 1.86 bits per heavy atom. The molecule has 28 heavy (non-hydrogen) atoms. The van der Waals surface area contributed by atoms with Crippen molar-refractivity contribution in [1.29, 1.82) is 0 Å². The van der Waals surface area contributed by atoms with Crippen molar-refractivity contribution in [3.05, 3.63) is 36.7 Å². The number of rotatable bonds is 16. The minimum absolute atomic E-state index is 0.718. The molecule has 1 aliphatic rings. The summed E-state index contributed by atoms with van der Waals surface area (Å²) in [7, 11) is 0. The third-order valence-electron chi connectivity index (χ3n) is 5.57. The van der Waals surface area contributed by atoms with E-state index in [2.05, 4.69) is 53.4 Å². The van der Waals surface area contributed by atoms with Crippen LogP contribution in [0.3, 0.4) is 0 Å². The van der Waals surface area contributed by atoms with Gasteiger partial charge in [-0.05, 0) is 37.6 Å². The van der Waals surface area contributed by atoms with Crippen molar-refractivity contribution in [3.63, 3.8) is 0 Å². The first-order chi connectivity index (χ1) is 13.8. The topological polar surface area (TPSA) is 15.7 Å². The van der Waals surface area contributed by atoms with Gasteiger partial charge in [0.05, 0.1) is 13.3 Å². The Labute approximate surface area is 173 Å². The van der Waals surface area contributed by atoms with Crippen molar-refractivity contribution < 1.29 is 4.74 Å². The SMILES string of the molecule is CCCCCCCCCCCCCCN1C=CN(c2ccc(OCC)cc2)C1. The number of ether oxygens (including phenoxy) is 1. The highest BCUT2D eigenvalue weighted by Gasteiger charge is 2.13. The molecule has 3 heteroatoms. The van der Waals surface area contributed by atoms with E-state index in [9.17, 15) is 0 Å². The molecular weight excluding hydrogens is 344 g/mol. The summed E-state index contributed by atoms with van der Waals surface area (Å²) in [6.07, 6.45) is 21.3. The predicted molar refractivity (Wildman–Crippen MR) is 122 cm³/mol. The van der Waals surface area contributed by atoms with Crippen LogP contribution in [0.15, 0.2) is 36.7 Å². The Morgan fingerprint density at radius 2 is 1.29 bits per heavy atom. The molecule has 0 saturated carbocycles. The molecule has 0 fully saturated rings. The fourth-order valence-corrected chi connectivity index (χ4v) is 3.83. The van der Waals surface area contributed by atoms with Crippen molar-refractivity contribution in [3.8, 4) is 5.75 Å². The minimum Gasteiger partial charge on any atom is -0.494 e. The highest BCUT2D eigenvalue weighted by molar-refractivity contribution is 5.52. The highest BCUT2D eigenvalue weighted by Crippen LogP contribution is 2.23. The van der Waals surface area contributed by atoms with Gasteiger partial charge in [-0.15, -0.1) is 0 Å². The molecule has 158 valence electrons. The number of anilines is 1. The molecule has 0 unspecified atom stereocenters. The lowest BCUT2D eigenvalue weighted by atomic mass is 10.1. The average molecular weight is 387 g/mol. The van der Waals surface area contributed by atoms with E-state index >= 15 is 0 Å². The lowest BCUT2D eigenvalue weighted by Gasteiger charge is -2.21. The van der Waals surface area contributed by atoms with E-state index < -0.39 is 0 Å². The van der Waals surface area contributed by atoms with Crippen LogP contribution in [0.5, 0.6) is 5.75 Å². The van der Waals surface area contributed by atoms with E-state index in [1.165, 1.54) is 89.3 Å². The molecule has 0 spiro atoms. The lowest BCUT2D eigenvalue weighted by Crippen LogP contribution is -2.25. The highest BCUT2D eigenvalue weighted by atomic mass is 16.5. The molecule has 0 bridgehead atoms. The van der Waals surface area contributed by atoms with Gasteiger partial charge in [0.1, 0.15) is 5.75 Å². The van der Waals surface area contributed by atoms with Crippen molar-refractivity contribution in [1.82, 2.24) is 4.90 Å². The molecule has 0 aliphatic carbocycles. The van der Waals surface area contributed by atoms with Crippen LogP contribution in [0.2, 0.25) is 0 Å². The third kappa shape index (κ3) is 9.03.